The first kappa shape index (κ1) is 20.4. The number of nitrogens with one attached hydrogen (secondary N) is 2. The molecule has 1 heterocycles. The molecule has 2 aromatic rings. The van der Waals surface area contributed by atoms with Gasteiger partial charge in [0.25, 0.3) is 0 Å². The van der Waals surface area contributed by atoms with E-state index in [0.717, 1.165) is 6.07 Å². The van der Waals surface area contributed by atoms with Gasteiger partial charge in [-0.3, -0.25) is 19.2 Å². The Morgan fingerprint density at radius 3 is 2.54 bits per heavy atom. The molecule has 2 rings (SSSR count). The number of nitrogens with two attached hydrogens (primary N) is 1. The fourth-order valence-electron chi connectivity index (χ4n) is 2.48. The van der Waals surface area contributed by atoms with Crippen LogP contribution in [0.4, 0.5) is 0 Å². The van der Waals surface area contributed by atoms with E-state index in [1.54, 1.807) is 0 Å². The number of fused-ring (bicyclic) bond motifs is 1. The highest BCUT2D eigenvalue weighted by Crippen LogP contribution is 2.22. The molecule has 0 bridgehead atoms. The van der Waals surface area contributed by atoms with Crippen molar-refractivity contribution in [1.29, 1.82) is 0 Å². The summed E-state index contributed by atoms with van der Waals surface area (Å²) in [6.45, 7) is -0.697. The lowest BCUT2D eigenvalue weighted by atomic mass is 10.1. The third-order valence-corrected chi connectivity index (χ3v) is 3.64. The maximum absolute atomic E-state index is 12.3. The van der Waals surface area contributed by atoms with Gasteiger partial charge in [0.05, 0.1) is 12.8 Å². The maximum Gasteiger partial charge on any atom is 0.336 e. The van der Waals surface area contributed by atoms with Gasteiger partial charge in [-0.15, -0.1) is 0 Å². The molecule has 11 nitrogen and oxygen atoms in total. The molecular formula is C17H17N3O8. The van der Waals surface area contributed by atoms with Crippen LogP contribution in [0.1, 0.15) is 12.0 Å². The number of rotatable bonds is 8. The van der Waals surface area contributed by atoms with E-state index >= 15 is 0 Å². The van der Waals surface area contributed by atoms with Crippen LogP contribution in [0, 0.1) is 0 Å². The van der Waals surface area contributed by atoms with E-state index in [9.17, 15) is 29.1 Å². The Hall–Kier alpha value is -3.89. The van der Waals surface area contributed by atoms with Crippen LogP contribution in [0.3, 0.4) is 0 Å². The van der Waals surface area contributed by atoms with Crippen LogP contribution in [-0.4, -0.2) is 46.5 Å². The van der Waals surface area contributed by atoms with Crippen LogP contribution in [0.5, 0.6) is 5.75 Å². The van der Waals surface area contributed by atoms with Crippen molar-refractivity contribution in [1.82, 2.24) is 10.6 Å². The number of carbonyl (C=O) groups excluding carboxylic acids is 3. The summed E-state index contributed by atoms with van der Waals surface area (Å²) < 4.78 is 4.96. The first-order valence-corrected chi connectivity index (χ1v) is 7.98. The quantitative estimate of drug-likeness (QED) is 0.340. The Morgan fingerprint density at radius 2 is 1.89 bits per heavy atom. The molecule has 0 aliphatic rings. The normalized spacial score (nSPS) is 11.6. The number of aromatic hydroxyl groups is 1. The minimum Gasteiger partial charge on any atom is -0.508 e. The van der Waals surface area contributed by atoms with Crippen LogP contribution < -0.4 is 22.0 Å². The Kier molecular flexibility index (Phi) is 6.32. The minimum atomic E-state index is -1.38. The Balaban J connectivity index is 2.19. The molecule has 28 heavy (non-hydrogen) atoms. The van der Waals surface area contributed by atoms with Crippen molar-refractivity contribution in [3.05, 3.63) is 40.2 Å². The summed E-state index contributed by atoms with van der Waals surface area (Å²) >= 11 is 0. The number of phenolic OH excluding ortho intramolecular Hbond substituents is 1. The minimum absolute atomic E-state index is 0.0724. The molecule has 1 unspecified atom stereocenters. The molecule has 0 spiro atoms. The molecule has 1 aromatic carbocycles. The van der Waals surface area contributed by atoms with E-state index in [0.29, 0.717) is 5.39 Å². The molecule has 148 valence electrons. The number of amides is 3. The number of carbonyl (C=O) groups is 4. The van der Waals surface area contributed by atoms with Crippen molar-refractivity contribution in [3.8, 4) is 5.75 Å². The zero-order valence-electron chi connectivity index (χ0n) is 14.4. The van der Waals surface area contributed by atoms with Crippen LogP contribution in [0.25, 0.3) is 11.0 Å². The SMILES string of the molecule is NC(=O)CC(NC(=O)Cc1cc(=O)oc2cc(O)ccc12)C(=O)NCC(=O)O. The number of hydrogen-bond donors (Lipinski definition) is 5. The van der Waals surface area contributed by atoms with Gasteiger partial charge in [0.2, 0.25) is 17.7 Å². The zero-order valence-corrected chi connectivity index (χ0v) is 14.4. The molecule has 0 aliphatic heterocycles. The largest absolute Gasteiger partial charge is 0.508 e. The van der Waals surface area contributed by atoms with Gasteiger partial charge in [-0.2, -0.15) is 0 Å². The van der Waals surface area contributed by atoms with E-state index < -0.39 is 48.3 Å². The summed E-state index contributed by atoms with van der Waals surface area (Å²) in [7, 11) is 0. The smallest absolute Gasteiger partial charge is 0.336 e. The summed E-state index contributed by atoms with van der Waals surface area (Å²) in [6.07, 6.45) is -0.878. The zero-order chi connectivity index (χ0) is 20.8. The van der Waals surface area contributed by atoms with E-state index in [4.69, 9.17) is 15.3 Å². The highest BCUT2D eigenvalue weighted by Gasteiger charge is 2.23. The Bertz CT molecular complexity index is 998. The Morgan fingerprint density at radius 1 is 1.18 bits per heavy atom. The number of carboxylic acids is 1. The predicted octanol–water partition coefficient (Wildman–Crippen LogP) is -1.40. The first-order chi connectivity index (χ1) is 13.2. The molecule has 0 radical (unpaired) electrons. The summed E-state index contributed by atoms with van der Waals surface area (Å²) in [5, 5.41) is 22.8. The molecule has 6 N–H and O–H groups in total. The van der Waals surface area contributed by atoms with Gasteiger partial charge in [0.1, 0.15) is 23.9 Å². The molecule has 0 saturated heterocycles. The van der Waals surface area contributed by atoms with Gasteiger partial charge in [-0.05, 0) is 17.7 Å². The monoisotopic (exact) mass is 391 g/mol. The lowest BCUT2D eigenvalue weighted by molar-refractivity contribution is -0.138. The van der Waals surface area contributed by atoms with Crippen molar-refractivity contribution in [3.63, 3.8) is 0 Å². The summed E-state index contributed by atoms with van der Waals surface area (Å²) in [4.78, 5) is 57.7. The molecule has 0 saturated carbocycles. The number of phenols is 1. The van der Waals surface area contributed by atoms with E-state index in [1.165, 1.54) is 18.2 Å². The van der Waals surface area contributed by atoms with Crippen molar-refractivity contribution >= 4 is 34.7 Å². The first-order valence-electron chi connectivity index (χ1n) is 7.98. The van der Waals surface area contributed by atoms with Crippen LogP contribution in [0.15, 0.2) is 33.5 Å². The summed E-state index contributed by atoms with van der Waals surface area (Å²) in [5.74, 6) is -3.91. The van der Waals surface area contributed by atoms with Gasteiger partial charge >= 0.3 is 11.6 Å². The van der Waals surface area contributed by atoms with E-state index in [1.807, 2.05) is 5.32 Å². The van der Waals surface area contributed by atoms with Crippen molar-refractivity contribution in [2.75, 3.05) is 6.54 Å². The van der Waals surface area contributed by atoms with Crippen molar-refractivity contribution in [2.45, 2.75) is 18.9 Å². The van der Waals surface area contributed by atoms with Crippen LogP contribution >= 0.6 is 0 Å². The summed E-state index contributed by atoms with van der Waals surface area (Å²) in [6, 6.07) is 3.73. The second kappa shape index (κ2) is 8.66. The summed E-state index contributed by atoms with van der Waals surface area (Å²) in [5.41, 5.74) is 4.66. The molecule has 0 fully saturated rings. The average molecular weight is 391 g/mol. The molecule has 1 atom stereocenters. The number of primary amides is 1. The number of aliphatic carboxylic acids is 1. The topological polar surface area (TPSA) is 189 Å². The predicted molar refractivity (Wildman–Crippen MR) is 94.2 cm³/mol. The molecule has 11 heteroatoms. The van der Waals surface area contributed by atoms with Gasteiger partial charge in [0, 0.05) is 17.5 Å². The highest BCUT2D eigenvalue weighted by molar-refractivity contribution is 5.94. The van der Waals surface area contributed by atoms with Gasteiger partial charge in [0.15, 0.2) is 0 Å². The van der Waals surface area contributed by atoms with Gasteiger partial charge in [-0.25, -0.2) is 4.79 Å². The maximum atomic E-state index is 12.3. The molecule has 1 aromatic heterocycles. The lowest BCUT2D eigenvalue weighted by Gasteiger charge is -2.17. The average Bonchev–Trinajstić information content (AvgIpc) is 2.57. The van der Waals surface area contributed by atoms with Crippen LogP contribution in [0.2, 0.25) is 0 Å². The number of hydrogen-bond acceptors (Lipinski definition) is 7. The number of benzene rings is 1. The van der Waals surface area contributed by atoms with Gasteiger partial charge < -0.3 is 31.0 Å². The van der Waals surface area contributed by atoms with Gasteiger partial charge in [-0.1, -0.05) is 0 Å². The fourth-order valence-corrected chi connectivity index (χ4v) is 2.48. The van der Waals surface area contributed by atoms with Crippen LogP contribution in [-0.2, 0) is 25.6 Å². The lowest BCUT2D eigenvalue weighted by Crippen LogP contribution is -2.49. The number of carboxylic acid groups (broad SMARTS) is 1. The second-order valence-corrected chi connectivity index (χ2v) is 5.85. The standard InChI is InChI=1S/C17H17N3O8/c18-13(22)6-11(17(27)19-7-15(24)25)20-14(23)3-8-4-16(26)28-12-5-9(21)1-2-10(8)12/h1-2,4-5,11,21H,3,6-7H2,(H2,18,22)(H,19,27)(H,20,23)(H,24,25). The van der Waals surface area contributed by atoms with E-state index in [-0.39, 0.29) is 23.3 Å². The second-order valence-electron chi connectivity index (χ2n) is 5.85. The van der Waals surface area contributed by atoms with Crippen molar-refractivity contribution < 1.29 is 33.8 Å². The molecular weight excluding hydrogens is 374 g/mol. The Labute approximate surface area is 157 Å². The molecule has 0 aliphatic carbocycles. The molecule has 3 amide bonds. The third kappa shape index (κ3) is 5.56. The fraction of sp³-hybridized carbons (Fsp3) is 0.235. The highest BCUT2D eigenvalue weighted by atomic mass is 16.4. The van der Waals surface area contributed by atoms with Crippen molar-refractivity contribution in [2.24, 2.45) is 5.73 Å². The van der Waals surface area contributed by atoms with E-state index in [2.05, 4.69) is 5.32 Å². The third-order valence-electron chi connectivity index (χ3n) is 3.64.